The van der Waals surface area contributed by atoms with E-state index in [9.17, 15) is 0 Å². The number of rotatable bonds is 9. The van der Waals surface area contributed by atoms with Crippen molar-refractivity contribution in [3.63, 3.8) is 0 Å². The highest BCUT2D eigenvalue weighted by atomic mass is 32.2. The molecular formula is C22H21N5O2S. The van der Waals surface area contributed by atoms with Crippen LogP contribution in [0, 0.1) is 0 Å². The van der Waals surface area contributed by atoms with Crippen molar-refractivity contribution in [2.75, 3.05) is 7.11 Å². The summed E-state index contributed by atoms with van der Waals surface area (Å²) in [5.41, 5.74) is 2.02. The molecule has 0 saturated heterocycles. The Bertz CT molecular complexity index is 1120. The monoisotopic (exact) mass is 419 g/mol. The standard InChI is InChI=1S/C22H21N5O2S/c1-3-13-27-21(17-11-7-8-12-18(17)28-2)24-25-22(27)30-15-20-23-19(26-29-20)14-16-9-5-4-6-10-16/h3-12H,1,13-15H2,2H3. The maximum Gasteiger partial charge on any atom is 0.237 e. The summed E-state index contributed by atoms with van der Waals surface area (Å²) in [6, 6.07) is 17.8. The smallest absolute Gasteiger partial charge is 0.237 e. The van der Waals surface area contributed by atoms with Gasteiger partial charge in [0.25, 0.3) is 0 Å². The number of allylic oxidation sites excluding steroid dienone is 1. The molecule has 8 heteroatoms. The lowest BCUT2D eigenvalue weighted by Crippen LogP contribution is -2.02. The van der Waals surface area contributed by atoms with Crippen LogP contribution >= 0.6 is 11.8 Å². The molecule has 0 aliphatic carbocycles. The Hall–Kier alpha value is -3.39. The molecule has 152 valence electrons. The van der Waals surface area contributed by atoms with E-state index in [-0.39, 0.29) is 0 Å². The summed E-state index contributed by atoms with van der Waals surface area (Å²) in [5, 5.41) is 13.6. The van der Waals surface area contributed by atoms with Crippen molar-refractivity contribution < 1.29 is 9.26 Å². The number of hydrogen-bond donors (Lipinski definition) is 0. The lowest BCUT2D eigenvalue weighted by Gasteiger charge is -2.10. The molecular weight excluding hydrogens is 398 g/mol. The summed E-state index contributed by atoms with van der Waals surface area (Å²) < 4.78 is 12.9. The van der Waals surface area contributed by atoms with Gasteiger partial charge in [-0.2, -0.15) is 4.98 Å². The van der Waals surface area contributed by atoms with Crippen molar-refractivity contribution in [1.82, 2.24) is 24.9 Å². The zero-order chi connectivity index (χ0) is 20.8. The Morgan fingerprint density at radius 3 is 2.70 bits per heavy atom. The van der Waals surface area contributed by atoms with Gasteiger partial charge in [-0.1, -0.05) is 65.5 Å². The Kier molecular flexibility index (Phi) is 6.24. The van der Waals surface area contributed by atoms with Crippen molar-refractivity contribution in [1.29, 1.82) is 0 Å². The third-order valence-electron chi connectivity index (χ3n) is 4.42. The molecule has 2 heterocycles. The summed E-state index contributed by atoms with van der Waals surface area (Å²) >= 11 is 1.49. The van der Waals surface area contributed by atoms with Crippen molar-refractivity contribution in [3.8, 4) is 17.1 Å². The van der Waals surface area contributed by atoms with E-state index in [1.54, 1.807) is 7.11 Å². The topological polar surface area (TPSA) is 78.9 Å². The quantitative estimate of drug-likeness (QED) is 0.294. The van der Waals surface area contributed by atoms with Crippen LogP contribution in [-0.4, -0.2) is 32.0 Å². The lowest BCUT2D eigenvalue weighted by molar-refractivity contribution is 0.385. The van der Waals surface area contributed by atoms with Crippen LogP contribution in [0.15, 0.2) is 76.9 Å². The van der Waals surface area contributed by atoms with Crippen molar-refractivity contribution in [2.45, 2.75) is 23.9 Å². The summed E-state index contributed by atoms with van der Waals surface area (Å²) in [4.78, 5) is 4.49. The van der Waals surface area contributed by atoms with Gasteiger partial charge in [0.1, 0.15) is 5.75 Å². The van der Waals surface area contributed by atoms with Crippen molar-refractivity contribution in [2.24, 2.45) is 0 Å². The third kappa shape index (κ3) is 4.44. The molecule has 2 aromatic carbocycles. The fourth-order valence-corrected chi connectivity index (χ4v) is 3.83. The van der Waals surface area contributed by atoms with Gasteiger partial charge in [-0.25, -0.2) is 0 Å². The van der Waals surface area contributed by atoms with Crippen LogP contribution in [0.2, 0.25) is 0 Å². The maximum atomic E-state index is 5.48. The predicted octanol–water partition coefficient (Wildman–Crippen LogP) is 4.41. The zero-order valence-electron chi connectivity index (χ0n) is 16.6. The molecule has 0 spiro atoms. The molecule has 0 saturated carbocycles. The zero-order valence-corrected chi connectivity index (χ0v) is 17.4. The Labute approximate surface area is 178 Å². The molecule has 7 nitrogen and oxygen atoms in total. The van der Waals surface area contributed by atoms with Crippen LogP contribution in [0.4, 0.5) is 0 Å². The second-order valence-electron chi connectivity index (χ2n) is 6.46. The summed E-state index contributed by atoms with van der Waals surface area (Å²) in [5.74, 6) is 3.19. The van der Waals surface area contributed by atoms with Gasteiger partial charge < -0.3 is 9.26 Å². The van der Waals surface area contributed by atoms with Crippen LogP contribution in [-0.2, 0) is 18.7 Å². The number of methoxy groups -OCH3 is 1. The fraction of sp³-hybridized carbons (Fsp3) is 0.182. The Balaban J connectivity index is 1.50. The van der Waals surface area contributed by atoms with E-state index in [4.69, 9.17) is 9.26 Å². The summed E-state index contributed by atoms with van der Waals surface area (Å²) in [7, 11) is 1.64. The van der Waals surface area contributed by atoms with Crippen molar-refractivity contribution >= 4 is 11.8 Å². The van der Waals surface area contributed by atoms with Gasteiger partial charge in [0.15, 0.2) is 16.8 Å². The molecule has 0 atom stereocenters. The molecule has 0 bridgehead atoms. The number of para-hydroxylation sites is 1. The first-order valence-corrected chi connectivity index (χ1v) is 10.4. The minimum Gasteiger partial charge on any atom is -0.496 e. The molecule has 0 radical (unpaired) electrons. The SMILES string of the molecule is C=CCn1c(SCc2nc(Cc3ccccc3)no2)nnc1-c1ccccc1OC. The first-order chi connectivity index (χ1) is 14.8. The van der Waals surface area contributed by atoms with E-state index < -0.39 is 0 Å². The van der Waals surface area contributed by atoms with Crippen LogP contribution in [0.5, 0.6) is 5.75 Å². The number of nitrogens with zero attached hydrogens (tertiary/aromatic N) is 5. The van der Waals surface area contributed by atoms with Crippen LogP contribution in [0.3, 0.4) is 0 Å². The van der Waals surface area contributed by atoms with Gasteiger partial charge in [0.05, 0.1) is 18.4 Å². The van der Waals surface area contributed by atoms with E-state index >= 15 is 0 Å². The highest BCUT2D eigenvalue weighted by Gasteiger charge is 2.18. The number of benzene rings is 2. The van der Waals surface area contributed by atoms with E-state index in [2.05, 4.69) is 26.9 Å². The average molecular weight is 420 g/mol. The second kappa shape index (κ2) is 9.41. The van der Waals surface area contributed by atoms with Crippen LogP contribution < -0.4 is 4.74 Å². The Morgan fingerprint density at radius 2 is 1.90 bits per heavy atom. The number of aromatic nitrogens is 5. The molecule has 2 aromatic heterocycles. The minimum atomic E-state index is 0.503. The molecule has 4 rings (SSSR count). The third-order valence-corrected chi connectivity index (χ3v) is 5.37. The predicted molar refractivity (Wildman–Crippen MR) is 115 cm³/mol. The van der Waals surface area contributed by atoms with Gasteiger partial charge in [-0.3, -0.25) is 4.57 Å². The minimum absolute atomic E-state index is 0.503. The molecule has 0 N–H and O–H groups in total. The van der Waals surface area contributed by atoms with Crippen LogP contribution in [0.25, 0.3) is 11.4 Å². The van der Waals surface area contributed by atoms with Crippen LogP contribution in [0.1, 0.15) is 17.3 Å². The van der Waals surface area contributed by atoms with Gasteiger partial charge in [0.2, 0.25) is 5.89 Å². The van der Waals surface area contributed by atoms with Crippen molar-refractivity contribution in [3.05, 3.63) is 84.5 Å². The fourth-order valence-electron chi connectivity index (χ4n) is 3.04. The molecule has 4 aromatic rings. The summed E-state index contributed by atoms with van der Waals surface area (Å²) in [6.07, 6.45) is 2.45. The van der Waals surface area contributed by atoms with Gasteiger partial charge in [0, 0.05) is 13.0 Å². The van der Waals surface area contributed by atoms with Gasteiger partial charge in [-0.15, -0.1) is 16.8 Å². The van der Waals surface area contributed by atoms with Gasteiger partial charge in [-0.05, 0) is 17.7 Å². The maximum absolute atomic E-state index is 5.48. The largest absolute Gasteiger partial charge is 0.496 e. The highest BCUT2D eigenvalue weighted by molar-refractivity contribution is 7.98. The number of thioether (sulfide) groups is 1. The number of hydrogen-bond acceptors (Lipinski definition) is 7. The van der Waals surface area contributed by atoms with E-state index in [1.807, 2.05) is 65.2 Å². The first kappa shape index (κ1) is 19.9. The van der Waals surface area contributed by atoms with E-state index in [0.29, 0.717) is 30.4 Å². The van der Waals surface area contributed by atoms with E-state index in [1.165, 1.54) is 11.8 Å². The normalized spacial score (nSPS) is 10.8. The second-order valence-corrected chi connectivity index (χ2v) is 7.40. The summed E-state index contributed by atoms with van der Waals surface area (Å²) in [6.45, 7) is 4.43. The molecule has 0 aliphatic heterocycles. The number of ether oxygens (including phenoxy) is 1. The molecule has 30 heavy (non-hydrogen) atoms. The lowest BCUT2D eigenvalue weighted by atomic mass is 10.1. The molecule has 0 unspecified atom stereocenters. The van der Waals surface area contributed by atoms with Gasteiger partial charge >= 0.3 is 0 Å². The Morgan fingerprint density at radius 1 is 1.10 bits per heavy atom. The molecule has 0 fully saturated rings. The first-order valence-electron chi connectivity index (χ1n) is 9.44. The average Bonchev–Trinajstić information content (AvgIpc) is 3.40. The van der Waals surface area contributed by atoms with E-state index in [0.717, 1.165) is 27.9 Å². The molecule has 0 aliphatic rings. The highest BCUT2D eigenvalue weighted by Crippen LogP contribution is 2.31. The molecule has 0 amide bonds.